The smallest absolute Gasteiger partial charge is 0.151 e. The number of rotatable bonds is 4. The quantitative estimate of drug-likeness (QED) is 0.852. The van der Waals surface area contributed by atoms with Crippen LogP contribution in [0.25, 0.3) is 0 Å². The summed E-state index contributed by atoms with van der Waals surface area (Å²) in [6.45, 7) is 3.08. The molecule has 0 radical (unpaired) electrons. The molecule has 0 bridgehead atoms. The van der Waals surface area contributed by atoms with Gasteiger partial charge >= 0.3 is 0 Å². The molecule has 2 rings (SSSR count). The highest BCUT2D eigenvalue weighted by molar-refractivity contribution is 5.37. The fourth-order valence-corrected chi connectivity index (χ4v) is 2.46. The Balaban J connectivity index is 2.01. The summed E-state index contributed by atoms with van der Waals surface area (Å²) in [5.74, 6) is 0.968. The molecule has 0 spiro atoms. The zero-order chi connectivity index (χ0) is 13.0. The lowest BCUT2D eigenvalue weighted by Crippen LogP contribution is -2.45. The number of likely N-dealkylation sites (tertiary alicyclic amines) is 1. The van der Waals surface area contributed by atoms with Gasteiger partial charge in [-0.25, -0.2) is 0 Å². The summed E-state index contributed by atoms with van der Waals surface area (Å²) in [6.07, 6.45) is 2.50. The highest BCUT2D eigenvalue weighted by Crippen LogP contribution is 2.18. The molecule has 0 saturated carbocycles. The lowest BCUT2D eigenvalue weighted by molar-refractivity contribution is 0.247. The van der Waals surface area contributed by atoms with Gasteiger partial charge < -0.3 is 15.1 Å². The molecule has 1 aromatic rings. The van der Waals surface area contributed by atoms with Gasteiger partial charge in [-0.2, -0.15) is 5.10 Å². The molecule has 1 aliphatic rings. The molecule has 1 aromatic heterocycles. The predicted molar refractivity (Wildman–Crippen MR) is 73.7 cm³/mol. The van der Waals surface area contributed by atoms with E-state index >= 15 is 0 Å². The van der Waals surface area contributed by atoms with E-state index in [9.17, 15) is 0 Å². The van der Waals surface area contributed by atoms with Crippen LogP contribution < -0.4 is 10.2 Å². The van der Waals surface area contributed by atoms with E-state index in [0.717, 1.165) is 24.6 Å². The molecule has 0 aromatic carbocycles. The zero-order valence-corrected chi connectivity index (χ0v) is 11.6. The molecule has 1 fully saturated rings. The van der Waals surface area contributed by atoms with Crippen LogP contribution in [0.5, 0.6) is 0 Å². The number of nitrogens with one attached hydrogen (secondary N) is 1. The summed E-state index contributed by atoms with van der Waals surface area (Å²) in [5, 5.41) is 11.6. The SMILES string of the molecule is CNCc1ccc(N(C)C2CCCN(C)C2)nn1. The maximum Gasteiger partial charge on any atom is 0.151 e. The molecule has 0 amide bonds. The van der Waals surface area contributed by atoms with Crippen molar-refractivity contribution in [1.82, 2.24) is 20.4 Å². The average molecular weight is 249 g/mol. The maximum absolute atomic E-state index is 4.31. The van der Waals surface area contributed by atoms with Crippen LogP contribution in [0.2, 0.25) is 0 Å². The maximum atomic E-state index is 4.31. The van der Waals surface area contributed by atoms with Gasteiger partial charge in [0, 0.05) is 26.2 Å². The highest BCUT2D eigenvalue weighted by Gasteiger charge is 2.22. The van der Waals surface area contributed by atoms with Crippen molar-refractivity contribution in [3.8, 4) is 0 Å². The van der Waals surface area contributed by atoms with Crippen LogP contribution in [0.4, 0.5) is 5.82 Å². The highest BCUT2D eigenvalue weighted by atomic mass is 15.3. The Hall–Kier alpha value is -1.20. The van der Waals surface area contributed by atoms with Crippen LogP contribution in [-0.4, -0.2) is 55.4 Å². The second kappa shape index (κ2) is 6.11. The second-order valence-electron chi connectivity index (χ2n) is 5.08. The number of likely N-dealkylation sites (N-methyl/N-ethyl adjacent to an activating group) is 2. The van der Waals surface area contributed by atoms with Crippen molar-refractivity contribution < 1.29 is 0 Å². The molecule has 18 heavy (non-hydrogen) atoms. The van der Waals surface area contributed by atoms with Crippen LogP contribution in [0.3, 0.4) is 0 Å². The molecule has 2 heterocycles. The van der Waals surface area contributed by atoms with E-state index in [1.165, 1.54) is 19.4 Å². The van der Waals surface area contributed by atoms with Crippen LogP contribution in [0.1, 0.15) is 18.5 Å². The van der Waals surface area contributed by atoms with Crippen molar-refractivity contribution in [2.75, 3.05) is 39.1 Å². The molecular formula is C13H23N5. The van der Waals surface area contributed by atoms with Crippen molar-refractivity contribution in [3.05, 3.63) is 17.8 Å². The van der Waals surface area contributed by atoms with Crippen molar-refractivity contribution in [2.24, 2.45) is 0 Å². The summed E-state index contributed by atoms with van der Waals surface area (Å²) in [6, 6.07) is 4.66. The number of hydrogen-bond donors (Lipinski definition) is 1. The van der Waals surface area contributed by atoms with Gasteiger partial charge in [-0.15, -0.1) is 5.10 Å². The fourth-order valence-electron chi connectivity index (χ4n) is 2.46. The van der Waals surface area contributed by atoms with Crippen LogP contribution >= 0.6 is 0 Å². The first-order chi connectivity index (χ1) is 8.70. The number of piperidine rings is 1. The van der Waals surface area contributed by atoms with Crippen molar-refractivity contribution in [3.63, 3.8) is 0 Å². The third-order valence-electron chi connectivity index (χ3n) is 3.57. The van der Waals surface area contributed by atoms with Gasteiger partial charge in [0.05, 0.1) is 5.69 Å². The Kier molecular flexibility index (Phi) is 4.49. The summed E-state index contributed by atoms with van der Waals surface area (Å²) >= 11 is 0. The minimum Gasteiger partial charge on any atom is -0.354 e. The van der Waals surface area contributed by atoms with Crippen molar-refractivity contribution >= 4 is 5.82 Å². The van der Waals surface area contributed by atoms with E-state index in [2.05, 4.69) is 45.5 Å². The molecule has 1 aliphatic heterocycles. The Morgan fingerprint density at radius 3 is 2.89 bits per heavy atom. The molecule has 0 aliphatic carbocycles. The lowest BCUT2D eigenvalue weighted by Gasteiger charge is -2.36. The van der Waals surface area contributed by atoms with E-state index < -0.39 is 0 Å². The molecule has 1 unspecified atom stereocenters. The monoisotopic (exact) mass is 249 g/mol. The number of anilines is 1. The predicted octanol–water partition coefficient (Wildman–Crippen LogP) is 0.726. The second-order valence-corrected chi connectivity index (χ2v) is 5.08. The first kappa shape index (κ1) is 13.2. The molecular weight excluding hydrogens is 226 g/mol. The first-order valence-electron chi connectivity index (χ1n) is 6.59. The number of aromatic nitrogens is 2. The zero-order valence-electron chi connectivity index (χ0n) is 11.6. The molecule has 5 nitrogen and oxygen atoms in total. The molecule has 1 saturated heterocycles. The van der Waals surface area contributed by atoms with Gasteiger partial charge in [0.2, 0.25) is 0 Å². The molecule has 1 atom stereocenters. The van der Waals surface area contributed by atoms with Gasteiger partial charge in [0.15, 0.2) is 5.82 Å². The topological polar surface area (TPSA) is 44.3 Å². The van der Waals surface area contributed by atoms with Crippen LogP contribution in [0.15, 0.2) is 12.1 Å². The third-order valence-corrected chi connectivity index (χ3v) is 3.57. The van der Waals surface area contributed by atoms with Gasteiger partial charge in [-0.3, -0.25) is 0 Å². The van der Waals surface area contributed by atoms with E-state index in [0.29, 0.717) is 6.04 Å². The average Bonchev–Trinajstić information content (AvgIpc) is 2.39. The van der Waals surface area contributed by atoms with E-state index in [1.807, 2.05) is 13.1 Å². The Labute approximate surface area is 109 Å². The fraction of sp³-hybridized carbons (Fsp3) is 0.692. The van der Waals surface area contributed by atoms with Gasteiger partial charge in [-0.05, 0) is 45.6 Å². The third kappa shape index (κ3) is 3.17. The molecule has 100 valence electrons. The van der Waals surface area contributed by atoms with Gasteiger partial charge in [0.1, 0.15) is 0 Å². The Bertz CT molecular complexity index is 364. The minimum absolute atomic E-state index is 0.549. The number of hydrogen-bond acceptors (Lipinski definition) is 5. The Morgan fingerprint density at radius 2 is 2.28 bits per heavy atom. The summed E-state index contributed by atoms with van der Waals surface area (Å²) in [4.78, 5) is 4.64. The Morgan fingerprint density at radius 1 is 1.44 bits per heavy atom. The summed E-state index contributed by atoms with van der Waals surface area (Å²) in [7, 11) is 6.22. The van der Waals surface area contributed by atoms with Crippen LogP contribution in [-0.2, 0) is 6.54 Å². The first-order valence-corrected chi connectivity index (χ1v) is 6.59. The number of nitrogens with zero attached hydrogens (tertiary/aromatic N) is 4. The van der Waals surface area contributed by atoms with Gasteiger partial charge in [0.25, 0.3) is 0 Å². The largest absolute Gasteiger partial charge is 0.354 e. The van der Waals surface area contributed by atoms with E-state index in [1.54, 1.807) is 0 Å². The van der Waals surface area contributed by atoms with E-state index in [-0.39, 0.29) is 0 Å². The standard InChI is InChI=1S/C13H23N5/c1-14-9-11-6-7-13(16-15-11)18(3)12-5-4-8-17(2)10-12/h6-7,12,14H,4-5,8-10H2,1-3H3. The van der Waals surface area contributed by atoms with Crippen molar-refractivity contribution in [1.29, 1.82) is 0 Å². The normalized spacial score (nSPS) is 20.9. The summed E-state index contributed by atoms with van der Waals surface area (Å²) < 4.78 is 0. The lowest BCUT2D eigenvalue weighted by atomic mass is 10.1. The van der Waals surface area contributed by atoms with E-state index in [4.69, 9.17) is 0 Å². The summed E-state index contributed by atoms with van der Waals surface area (Å²) in [5.41, 5.74) is 0.982. The molecule has 1 N–H and O–H groups in total. The van der Waals surface area contributed by atoms with Crippen LogP contribution in [0, 0.1) is 0 Å². The van der Waals surface area contributed by atoms with Crippen molar-refractivity contribution in [2.45, 2.75) is 25.4 Å². The minimum atomic E-state index is 0.549. The molecule has 5 heteroatoms. The van der Waals surface area contributed by atoms with Gasteiger partial charge in [-0.1, -0.05) is 0 Å².